The van der Waals surface area contributed by atoms with E-state index in [1.807, 2.05) is 0 Å². The zero-order valence-corrected chi connectivity index (χ0v) is 16.9. The highest BCUT2D eigenvalue weighted by molar-refractivity contribution is 6.30. The summed E-state index contributed by atoms with van der Waals surface area (Å²) < 4.78 is 5.58. The second-order valence-electron chi connectivity index (χ2n) is 6.69. The molecule has 2 amide bonds. The first kappa shape index (κ1) is 20.5. The Morgan fingerprint density at radius 1 is 1.04 bits per heavy atom. The number of nitrogens with one attached hydrogen (secondary N) is 1. The average Bonchev–Trinajstić information content (AvgIpc) is 2.72. The number of amides is 2. The zero-order valence-electron chi connectivity index (χ0n) is 15.4. The number of nitrogens with zero attached hydrogens (tertiary/aromatic N) is 1. The van der Waals surface area contributed by atoms with Crippen molar-refractivity contribution in [3.05, 3.63) is 64.1 Å². The molecule has 1 aliphatic heterocycles. The summed E-state index contributed by atoms with van der Waals surface area (Å²) in [5.41, 5.74) is 0.585. The van der Waals surface area contributed by atoms with Gasteiger partial charge in [-0.1, -0.05) is 23.2 Å². The van der Waals surface area contributed by atoms with Gasteiger partial charge in [0.2, 0.25) is 5.91 Å². The molecule has 1 fully saturated rings. The molecule has 5 nitrogen and oxygen atoms in total. The quantitative estimate of drug-likeness (QED) is 0.717. The third kappa shape index (κ3) is 5.63. The van der Waals surface area contributed by atoms with Gasteiger partial charge in [0.15, 0.2) is 0 Å². The third-order valence-corrected chi connectivity index (χ3v) is 5.16. The van der Waals surface area contributed by atoms with E-state index in [4.69, 9.17) is 27.9 Å². The lowest BCUT2D eigenvalue weighted by Gasteiger charge is -2.32. The first-order valence-corrected chi connectivity index (χ1v) is 9.99. The molecule has 1 heterocycles. The Morgan fingerprint density at radius 3 is 2.36 bits per heavy atom. The van der Waals surface area contributed by atoms with E-state index in [-0.39, 0.29) is 17.7 Å². The van der Waals surface area contributed by atoms with Crippen molar-refractivity contribution in [2.45, 2.75) is 12.8 Å². The topological polar surface area (TPSA) is 58.6 Å². The maximum atomic E-state index is 12.6. The van der Waals surface area contributed by atoms with Crippen molar-refractivity contribution < 1.29 is 14.3 Å². The summed E-state index contributed by atoms with van der Waals surface area (Å²) in [6.07, 6.45) is 1.58. The summed E-state index contributed by atoms with van der Waals surface area (Å²) in [7, 11) is 0. The molecule has 1 N–H and O–H groups in total. The largest absolute Gasteiger partial charge is 0.492 e. The number of piperidine rings is 1. The minimum absolute atomic E-state index is 0.0479. The van der Waals surface area contributed by atoms with Gasteiger partial charge in [-0.15, -0.1) is 0 Å². The molecule has 1 saturated heterocycles. The molecule has 148 valence electrons. The summed E-state index contributed by atoms with van der Waals surface area (Å²) in [6, 6.07) is 13.9. The van der Waals surface area contributed by atoms with Gasteiger partial charge in [0.05, 0.1) is 12.5 Å². The Balaban J connectivity index is 1.45. The van der Waals surface area contributed by atoms with Crippen molar-refractivity contribution in [1.29, 1.82) is 0 Å². The molecule has 2 aromatic rings. The number of carbonyl (C=O) groups is 2. The monoisotopic (exact) mass is 420 g/mol. The molecule has 0 spiro atoms. The van der Waals surface area contributed by atoms with E-state index in [1.54, 1.807) is 53.4 Å². The van der Waals surface area contributed by atoms with E-state index in [0.29, 0.717) is 47.6 Å². The fourth-order valence-corrected chi connectivity index (χ4v) is 3.42. The van der Waals surface area contributed by atoms with Crippen molar-refractivity contribution in [3.63, 3.8) is 0 Å². The number of hydrogen-bond donors (Lipinski definition) is 1. The van der Waals surface area contributed by atoms with Crippen LogP contribution in [-0.2, 0) is 4.79 Å². The molecule has 0 aliphatic carbocycles. The van der Waals surface area contributed by atoms with E-state index < -0.39 is 0 Å². The van der Waals surface area contributed by atoms with Crippen LogP contribution in [0.15, 0.2) is 48.5 Å². The third-order valence-electron chi connectivity index (χ3n) is 4.65. The van der Waals surface area contributed by atoms with Crippen LogP contribution in [0.1, 0.15) is 23.2 Å². The van der Waals surface area contributed by atoms with Gasteiger partial charge in [-0.3, -0.25) is 9.59 Å². The fraction of sp³-hybridized carbons (Fsp3) is 0.333. The van der Waals surface area contributed by atoms with Crippen LogP contribution in [0.2, 0.25) is 10.0 Å². The number of carbonyl (C=O) groups excluding carboxylic acids is 2. The Bertz CT molecular complexity index is 809. The first-order chi connectivity index (χ1) is 13.5. The lowest BCUT2D eigenvalue weighted by Crippen LogP contribution is -2.46. The van der Waals surface area contributed by atoms with Crippen LogP contribution < -0.4 is 10.1 Å². The van der Waals surface area contributed by atoms with Crippen LogP contribution in [0, 0.1) is 5.92 Å². The summed E-state index contributed by atoms with van der Waals surface area (Å²) in [5.74, 6) is 0.380. The molecule has 0 radical (unpaired) electrons. The van der Waals surface area contributed by atoms with Crippen molar-refractivity contribution >= 4 is 35.0 Å². The lowest BCUT2D eigenvalue weighted by atomic mass is 9.96. The van der Waals surface area contributed by atoms with E-state index in [1.165, 1.54) is 0 Å². The minimum Gasteiger partial charge on any atom is -0.492 e. The molecule has 28 heavy (non-hydrogen) atoms. The van der Waals surface area contributed by atoms with Crippen molar-refractivity contribution in [2.75, 3.05) is 26.2 Å². The molecule has 7 heteroatoms. The summed E-state index contributed by atoms with van der Waals surface area (Å²) in [6.45, 7) is 1.85. The summed E-state index contributed by atoms with van der Waals surface area (Å²) >= 11 is 11.7. The maximum Gasteiger partial charge on any atom is 0.253 e. The Kier molecular flexibility index (Phi) is 7.18. The van der Waals surface area contributed by atoms with Gasteiger partial charge in [0.1, 0.15) is 12.4 Å². The highest BCUT2D eigenvalue weighted by Gasteiger charge is 2.28. The van der Waals surface area contributed by atoms with Gasteiger partial charge in [-0.25, -0.2) is 0 Å². The summed E-state index contributed by atoms with van der Waals surface area (Å²) in [4.78, 5) is 26.8. The smallest absolute Gasteiger partial charge is 0.253 e. The van der Waals surface area contributed by atoms with E-state index in [0.717, 1.165) is 12.8 Å². The normalized spacial score (nSPS) is 16.5. The molecule has 2 aromatic carbocycles. The van der Waals surface area contributed by atoms with Crippen LogP contribution >= 0.6 is 23.2 Å². The minimum atomic E-state index is -0.208. The van der Waals surface area contributed by atoms with Crippen LogP contribution in [0.25, 0.3) is 0 Å². The van der Waals surface area contributed by atoms with Crippen molar-refractivity contribution in [1.82, 2.24) is 10.2 Å². The number of rotatable bonds is 6. The molecule has 1 aliphatic rings. The van der Waals surface area contributed by atoms with Gasteiger partial charge in [-0.05, 0) is 61.4 Å². The van der Waals surface area contributed by atoms with Gasteiger partial charge in [0.25, 0.3) is 5.91 Å². The highest BCUT2D eigenvalue weighted by atomic mass is 35.5. The predicted molar refractivity (Wildman–Crippen MR) is 110 cm³/mol. The fourth-order valence-electron chi connectivity index (χ4n) is 3.17. The molecule has 1 unspecified atom stereocenters. The Hall–Kier alpha value is -2.24. The average molecular weight is 421 g/mol. The Labute approximate surface area is 174 Å². The lowest BCUT2D eigenvalue weighted by molar-refractivity contribution is -0.126. The van der Waals surface area contributed by atoms with Gasteiger partial charge in [-0.2, -0.15) is 0 Å². The molecule has 0 bridgehead atoms. The van der Waals surface area contributed by atoms with E-state index in [2.05, 4.69) is 5.32 Å². The molecular weight excluding hydrogens is 399 g/mol. The number of likely N-dealkylation sites (tertiary alicyclic amines) is 1. The van der Waals surface area contributed by atoms with Crippen LogP contribution in [-0.4, -0.2) is 43.0 Å². The second kappa shape index (κ2) is 9.80. The Morgan fingerprint density at radius 2 is 1.68 bits per heavy atom. The molecule has 0 aromatic heterocycles. The molecule has 3 rings (SSSR count). The number of benzene rings is 2. The standard InChI is InChI=1S/C21H22Cl2N2O3/c22-17-5-3-15(4-6-17)21(27)25-12-1-2-16(14-25)20(26)24-11-13-28-19-9-7-18(23)8-10-19/h3-10,16H,1-2,11-14H2,(H,24,26). The van der Waals surface area contributed by atoms with Crippen molar-refractivity contribution in [2.24, 2.45) is 5.92 Å². The van der Waals surface area contributed by atoms with E-state index in [9.17, 15) is 9.59 Å². The predicted octanol–water partition coefficient (Wildman–Crippen LogP) is 4.04. The summed E-state index contributed by atoms with van der Waals surface area (Å²) in [5, 5.41) is 4.14. The first-order valence-electron chi connectivity index (χ1n) is 9.24. The van der Waals surface area contributed by atoms with Crippen LogP contribution in [0.4, 0.5) is 0 Å². The van der Waals surface area contributed by atoms with Crippen molar-refractivity contribution in [3.8, 4) is 5.75 Å². The SMILES string of the molecule is O=C(NCCOc1ccc(Cl)cc1)C1CCCN(C(=O)c2ccc(Cl)cc2)C1. The maximum absolute atomic E-state index is 12.6. The van der Waals surface area contributed by atoms with Gasteiger partial charge >= 0.3 is 0 Å². The number of ether oxygens (including phenoxy) is 1. The molecule has 0 saturated carbocycles. The second-order valence-corrected chi connectivity index (χ2v) is 7.56. The highest BCUT2D eigenvalue weighted by Crippen LogP contribution is 2.20. The molecule has 1 atom stereocenters. The zero-order chi connectivity index (χ0) is 19.9. The van der Waals surface area contributed by atoms with Gasteiger partial charge in [0, 0.05) is 28.7 Å². The number of hydrogen-bond acceptors (Lipinski definition) is 3. The van der Waals surface area contributed by atoms with Crippen LogP contribution in [0.3, 0.4) is 0 Å². The van der Waals surface area contributed by atoms with Crippen LogP contribution in [0.5, 0.6) is 5.75 Å². The number of halogens is 2. The van der Waals surface area contributed by atoms with E-state index >= 15 is 0 Å². The van der Waals surface area contributed by atoms with Gasteiger partial charge < -0.3 is 15.0 Å². The molecular formula is C21H22Cl2N2O3.